The van der Waals surface area contributed by atoms with Gasteiger partial charge < -0.3 is 5.73 Å². The number of carbonyl (C=O) groups is 1. The first-order valence-corrected chi connectivity index (χ1v) is 5.35. The van der Waals surface area contributed by atoms with Crippen molar-refractivity contribution in [1.29, 1.82) is 0 Å². The van der Waals surface area contributed by atoms with Crippen molar-refractivity contribution < 1.29 is 9.18 Å². The number of benzene rings is 1. The smallest absolute Gasteiger partial charge is 0.317 e. The molecule has 3 N–H and O–H groups in total. The fourth-order valence-corrected chi connectivity index (χ4v) is 1.74. The van der Waals surface area contributed by atoms with Gasteiger partial charge in [0.25, 0.3) is 0 Å². The van der Waals surface area contributed by atoms with E-state index in [-0.39, 0.29) is 5.82 Å². The summed E-state index contributed by atoms with van der Waals surface area (Å²) in [6.07, 6.45) is 1.56. The maximum Gasteiger partial charge on any atom is 0.317 e. The Balaban J connectivity index is 2.41. The first kappa shape index (κ1) is 12.0. The molecule has 0 spiro atoms. The molecule has 0 saturated carbocycles. The third-order valence-corrected chi connectivity index (χ3v) is 2.51. The van der Waals surface area contributed by atoms with Gasteiger partial charge in [0.1, 0.15) is 11.6 Å². The molecule has 1 heterocycles. The minimum atomic E-state index is -0.671. The van der Waals surface area contributed by atoms with E-state index in [1.165, 1.54) is 12.1 Å². The quantitative estimate of drug-likeness (QED) is 0.854. The number of nitrogens with zero attached hydrogens (tertiary/aromatic N) is 1. The van der Waals surface area contributed by atoms with Crippen LogP contribution in [0.2, 0.25) is 0 Å². The first-order valence-electron chi connectivity index (χ1n) is 5.35. The molecule has 0 unspecified atom stereocenters. The Morgan fingerprint density at radius 2 is 2.11 bits per heavy atom. The van der Waals surface area contributed by atoms with Gasteiger partial charge in [0.15, 0.2) is 0 Å². The van der Waals surface area contributed by atoms with Crippen LogP contribution in [-0.4, -0.2) is 11.0 Å². The summed E-state index contributed by atoms with van der Waals surface area (Å²) in [5.74, 6) is 0.0875. The second-order valence-electron chi connectivity index (χ2n) is 3.88. The molecule has 92 valence electrons. The summed E-state index contributed by atoms with van der Waals surface area (Å²) >= 11 is 0. The van der Waals surface area contributed by atoms with Crippen molar-refractivity contribution in [2.45, 2.75) is 6.92 Å². The Bertz CT molecular complexity index is 599. The van der Waals surface area contributed by atoms with Crippen LogP contribution in [0.1, 0.15) is 5.56 Å². The van der Waals surface area contributed by atoms with Gasteiger partial charge >= 0.3 is 6.03 Å². The molecule has 5 heteroatoms. The second-order valence-corrected chi connectivity index (χ2v) is 3.88. The van der Waals surface area contributed by atoms with Crippen molar-refractivity contribution in [1.82, 2.24) is 4.98 Å². The zero-order valence-corrected chi connectivity index (χ0v) is 9.77. The lowest BCUT2D eigenvalue weighted by molar-refractivity contribution is 0.259. The van der Waals surface area contributed by atoms with Crippen LogP contribution in [0.15, 0.2) is 36.5 Å². The number of hydrogen-bond donors (Lipinski definition) is 2. The van der Waals surface area contributed by atoms with Crippen molar-refractivity contribution in [2.75, 3.05) is 5.32 Å². The molecule has 0 bridgehead atoms. The number of pyridine rings is 1. The van der Waals surface area contributed by atoms with E-state index in [1.807, 2.05) is 6.92 Å². The molecule has 0 aliphatic carbocycles. The highest BCUT2D eigenvalue weighted by atomic mass is 19.1. The highest BCUT2D eigenvalue weighted by Crippen LogP contribution is 2.25. The fourth-order valence-electron chi connectivity index (χ4n) is 1.74. The number of anilines is 1. The van der Waals surface area contributed by atoms with Crippen molar-refractivity contribution in [3.8, 4) is 11.1 Å². The lowest BCUT2D eigenvalue weighted by atomic mass is 10.0. The number of halogens is 1. The van der Waals surface area contributed by atoms with Gasteiger partial charge in [-0.05, 0) is 47.9 Å². The summed E-state index contributed by atoms with van der Waals surface area (Å²) in [4.78, 5) is 14.7. The van der Waals surface area contributed by atoms with E-state index in [0.717, 1.165) is 16.7 Å². The van der Waals surface area contributed by atoms with Gasteiger partial charge in [0.2, 0.25) is 0 Å². The van der Waals surface area contributed by atoms with Gasteiger partial charge in [-0.3, -0.25) is 5.32 Å². The Morgan fingerprint density at radius 3 is 2.78 bits per heavy atom. The fraction of sp³-hybridized carbons (Fsp3) is 0.0769. The number of aryl methyl sites for hydroxylation is 1. The summed E-state index contributed by atoms with van der Waals surface area (Å²) in [5, 5.41) is 2.40. The number of urea groups is 1. The van der Waals surface area contributed by atoms with Crippen LogP contribution in [0.5, 0.6) is 0 Å². The lowest BCUT2D eigenvalue weighted by Crippen LogP contribution is -2.19. The van der Waals surface area contributed by atoms with Crippen LogP contribution in [-0.2, 0) is 0 Å². The molecule has 0 atom stereocenters. The Labute approximate surface area is 104 Å². The van der Waals surface area contributed by atoms with E-state index < -0.39 is 6.03 Å². The summed E-state index contributed by atoms with van der Waals surface area (Å²) in [5.41, 5.74) is 7.55. The number of primary amides is 1. The molecule has 2 amide bonds. The zero-order chi connectivity index (χ0) is 13.1. The molecule has 2 rings (SSSR count). The predicted molar refractivity (Wildman–Crippen MR) is 67.6 cm³/mol. The molecular formula is C13H12FN3O. The van der Waals surface area contributed by atoms with Gasteiger partial charge in [-0.2, -0.15) is 0 Å². The monoisotopic (exact) mass is 245 g/mol. The van der Waals surface area contributed by atoms with Gasteiger partial charge in [-0.15, -0.1) is 0 Å². The van der Waals surface area contributed by atoms with Crippen molar-refractivity contribution in [2.24, 2.45) is 5.73 Å². The zero-order valence-electron chi connectivity index (χ0n) is 9.77. The number of nitrogens with one attached hydrogen (secondary N) is 1. The van der Waals surface area contributed by atoms with E-state index in [2.05, 4.69) is 10.3 Å². The van der Waals surface area contributed by atoms with Gasteiger partial charge in [0, 0.05) is 6.20 Å². The maximum atomic E-state index is 13.0. The van der Waals surface area contributed by atoms with E-state index in [0.29, 0.717) is 5.82 Å². The molecule has 1 aromatic carbocycles. The highest BCUT2D eigenvalue weighted by molar-refractivity contribution is 5.87. The molecule has 0 aliphatic heterocycles. The van der Waals surface area contributed by atoms with E-state index in [4.69, 9.17) is 5.73 Å². The topological polar surface area (TPSA) is 68.0 Å². The van der Waals surface area contributed by atoms with Gasteiger partial charge in [0.05, 0.1) is 0 Å². The number of rotatable bonds is 2. The Kier molecular flexibility index (Phi) is 3.23. The molecule has 0 fully saturated rings. The normalized spacial score (nSPS) is 10.1. The number of aromatic nitrogens is 1. The molecule has 0 radical (unpaired) electrons. The maximum absolute atomic E-state index is 13.0. The summed E-state index contributed by atoms with van der Waals surface area (Å²) < 4.78 is 13.0. The van der Waals surface area contributed by atoms with Crippen LogP contribution in [0.25, 0.3) is 11.1 Å². The minimum Gasteiger partial charge on any atom is -0.351 e. The average molecular weight is 245 g/mol. The standard InChI is InChI=1S/C13H12FN3O/c1-8-6-10(14)2-3-11(8)9-4-5-16-12(7-9)17-13(15)18/h2-7H,1H3,(H3,15,16,17,18). The van der Waals surface area contributed by atoms with Gasteiger partial charge in [-0.1, -0.05) is 6.07 Å². The minimum absolute atomic E-state index is 0.277. The Morgan fingerprint density at radius 1 is 1.33 bits per heavy atom. The van der Waals surface area contributed by atoms with Crippen LogP contribution in [0, 0.1) is 12.7 Å². The van der Waals surface area contributed by atoms with E-state index in [1.54, 1.807) is 24.4 Å². The number of nitrogens with two attached hydrogens (primary N) is 1. The first-order chi connectivity index (χ1) is 8.56. The van der Waals surface area contributed by atoms with Crippen LogP contribution in [0.3, 0.4) is 0 Å². The average Bonchev–Trinajstić information content (AvgIpc) is 2.28. The summed E-state index contributed by atoms with van der Waals surface area (Å²) in [6, 6.07) is 7.34. The number of hydrogen-bond acceptors (Lipinski definition) is 2. The lowest BCUT2D eigenvalue weighted by Gasteiger charge is -2.08. The predicted octanol–water partition coefficient (Wildman–Crippen LogP) is 2.69. The summed E-state index contributed by atoms with van der Waals surface area (Å²) in [7, 11) is 0. The molecule has 0 saturated heterocycles. The van der Waals surface area contributed by atoms with Crippen molar-refractivity contribution in [3.63, 3.8) is 0 Å². The molecular weight excluding hydrogens is 233 g/mol. The van der Waals surface area contributed by atoms with Crippen LogP contribution < -0.4 is 11.1 Å². The van der Waals surface area contributed by atoms with Crippen molar-refractivity contribution >= 4 is 11.8 Å². The number of amides is 2. The molecule has 0 aliphatic rings. The third kappa shape index (κ3) is 2.63. The number of carbonyl (C=O) groups excluding carboxylic acids is 1. The third-order valence-electron chi connectivity index (χ3n) is 2.51. The van der Waals surface area contributed by atoms with Crippen LogP contribution in [0.4, 0.5) is 15.0 Å². The molecule has 4 nitrogen and oxygen atoms in total. The van der Waals surface area contributed by atoms with E-state index >= 15 is 0 Å². The SMILES string of the molecule is Cc1cc(F)ccc1-c1ccnc(NC(N)=O)c1. The van der Waals surface area contributed by atoms with Crippen LogP contribution >= 0.6 is 0 Å². The largest absolute Gasteiger partial charge is 0.351 e. The second kappa shape index (κ2) is 4.83. The summed E-state index contributed by atoms with van der Waals surface area (Å²) in [6.45, 7) is 1.82. The Hall–Kier alpha value is -2.43. The molecule has 18 heavy (non-hydrogen) atoms. The molecule has 1 aromatic heterocycles. The van der Waals surface area contributed by atoms with Crippen molar-refractivity contribution in [3.05, 3.63) is 47.9 Å². The van der Waals surface area contributed by atoms with Gasteiger partial charge in [-0.25, -0.2) is 14.2 Å². The highest BCUT2D eigenvalue weighted by Gasteiger charge is 2.05. The van der Waals surface area contributed by atoms with E-state index in [9.17, 15) is 9.18 Å². The molecule has 2 aromatic rings.